The first kappa shape index (κ1) is 19.7. The third-order valence-electron chi connectivity index (χ3n) is 3.26. The van der Waals surface area contributed by atoms with Gasteiger partial charge in [-0.1, -0.05) is 18.2 Å². The molecule has 0 saturated heterocycles. The van der Waals surface area contributed by atoms with Crippen LogP contribution in [0.3, 0.4) is 0 Å². The molecule has 0 heterocycles. The molecular formula is C16H18F3NO4. The first-order valence-electron chi connectivity index (χ1n) is 7.05. The number of alkyl halides is 3. The summed E-state index contributed by atoms with van der Waals surface area (Å²) in [5.74, 6) is -1.60. The summed E-state index contributed by atoms with van der Waals surface area (Å²) < 4.78 is 42.0. The largest absolute Gasteiger partial charge is 0.467 e. The summed E-state index contributed by atoms with van der Waals surface area (Å²) in [7, 11) is 1.15. The van der Waals surface area contributed by atoms with Crippen LogP contribution < -0.4 is 5.32 Å². The molecule has 0 aliphatic rings. The summed E-state index contributed by atoms with van der Waals surface area (Å²) in [6.07, 6.45) is -4.01. The highest BCUT2D eigenvalue weighted by Crippen LogP contribution is 2.29. The molecule has 8 heteroatoms. The van der Waals surface area contributed by atoms with Gasteiger partial charge in [0.1, 0.15) is 6.04 Å². The summed E-state index contributed by atoms with van der Waals surface area (Å²) >= 11 is 0. The van der Waals surface area contributed by atoms with Crippen LogP contribution >= 0.6 is 0 Å². The zero-order valence-corrected chi connectivity index (χ0v) is 13.0. The average molecular weight is 345 g/mol. The Morgan fingerprint density at radius 2 is 1.92 bits per heavy atom. The highest BCUT2D eigenvalue weighted by atomic mass is 19.4. The first-order valence-corrected chi connectivity index (χ1v) is 7.05. The summed E-state index contributed by atoms with van der Waals surface area (Å²) in [6, 6.07) is 2.56. The Morgan fingerprint density at radius 1 is 1.33 bits per heavy atom. The minimum Gasteiger partial charge on any atom is -0.467 e. The van der Waals surface area contributed by atoms with Crippen molar-refractivity contribution >= 4 is 11.9 Å². The molecule has 2 atom stereocenters. The third-order valence-corrected chi connectivity index (χ3v) is 3.26. The maximum atomic E-state index is 12.5. The van der Waals surface area contributed by atoms with Crippen molar-refractivity contribution in [2.45, 2.75) is 31.2 Å². The van der Waals surface area contributed by atoms with E-state index in [2.05, 4.69) is 16.6 Å². The number of carbonyl (C=O) groups is 2. The van der Waals surface area contributed by atoms with Crippen molar-refractivity contribution in [1.29, 1.82) is 0 Å². The number of allylic oxidation sites excluding steroid dienone is 1. The zero-order chi connectivity index (χ0) is 18.3. The zero-order valence-electron chi connectivity index (χ0n) is 13.0. The number of hydrogen-bond acceptors (Lipinski definition) is 4. The van der Waals surface area contributed by atoms with Crippen LogP contribution in [0.25, 0.3) is 0 Å². The molecule has 24 heavy (non-hydrogen) atoms. The SMILES string of the molecule is C=CCC[C@@H](NC(=O)[C@H](O)c1ccc(C(F)(F)F)cc1)C(=O)OC. The molecule has 0 spiro atoms. The second kappa shape index (κ2) is 8.49. The van der Waals surface area contributed by atoms with E-state index in [-0.39, 0.29) is 12.0 Å². The van der Waals surface area contributed by atoms with E-state index in [4.69, 9.17) is 0 Å². The van der Waals surface area contributed by atoms with E-state index in [1.54, 1.807) is 6.08 Å². The van der Waals surface area contributed by atoms with E-state index in [9.17, 15) is 27.9 Å². The maximum absolute atomic E-state index is 12.5. The van der Waals surface area contributed by atoms with Crippen LogP contribution in [0, 0.1) is 0 Å². The van der Waals surface area contributed by atoms with Gasteiger partial charge in [0.05, 0.1) is 12.7 Å². The molecule has 1 amide bonds. The molecule has 2 N–H and O–H groups in total. The highest BCUT2D eigenvalue weighted by molar-refractivity contribution is 5.87. The van der Waals surface area contributed by atoms with Gasteiger partial charge in [0, 0.05) is 0 Å². The molecule has 0 aromatic heterocycles. The molecule has 1 rings (SSSR count). The van der Waals surface area contributed by atoms with E-state index in [1.807, 2.05) is 0 Å². The lowest BCUT2D eigenvalue weighted by molar-refractivity contribution is -0.146. The van der Waals surface area contributed by atoms with Crippen molar-refractivity contribution in [3.8, 4) is 0 Å². The number of amides is 1. The molecule has 0 radical (unpaired) electrons. The predicted octanol–water partition coefficient (Wildman–Crippen LogP) is 2.36. The second-order valence-corrected chi connectivity index (χ2v) is 4.97. The third kappa shape index (κ3) is 5.38. The quantitative estimate of drug-likeness (QED) is 0.588. The van der Waals surface area contributed by atoms with Gasteiger partial charge < -0.3 is 15.2 Å². The molecule has 0 aliphatic heterocycles. The normalized spacial score (nSPS) is 13.7. The van der Waals surface area contributed by atoms with E-state index < -0.39 is 35.8 Å². The lowest BCUT2D eigenvalue weighted by Gasteiger charge is -2.18. The van der Waals surface area contributed by atoms with Crippen molar-refractivity contribution in [2.75, 3.05) is 7.11 Å². The Morgan fingerprint density at radius 3 is 2.38 bits per heavy atom. The van der Waals surface area contributed by atoms with Gasteiger partial charge in [-0.3, -0.25) is 4.79 Å². The van der Waals surface area contributed by atoms with E-state index in [0.29, 0.717) is 6.42 Å². The minimum absolute atomic E-state index is 0.0205. The van der Waals surface area contributed by atoms with Gasteiger partial charge in [0.25, 0.3) is 5.91 Å². The fourth-order valence-corrected chi connectivity index (χ4v) is 1.93. The molecule has 0 aliphatic carbocycles. The number of nitrogens with one attached hydrogen (secondary N) is 1. The number of esters is 1. The molecule has 0 unspecified atom stereocenters. The molecule has 1 aromatic rings. The predicted molar refractivity (Wildman–Crippen MR) is 79.8 cm³/mol. The fraction of sp³-hybridized carbons (Fsp3) is 0.375. The van der Waals surface area contributed by atoms with Crippen LogP contribution in [-0.2, 0) is 20.5 Å². The molecule has 0 bridgehead atoms. The van der Waals surface area contributed by atoms with E-state index >= 15 is 0 Å². The number of aliphatic hydroxyl groups is 1. The standard InChI is InChI=1S/C16H18F3NO4/c1-3-4-5-12(15(23)24-2)20-14(22)13(21)10-6-8-11(9-7-10)16(17,18)19/h3,6-9,12-13,21H,1,4-5H2,2H3,(H,20,22)/t12-,13-/m1/s1. The Balaban J connectivity index is 2.81. The number of halogens is 3. The number of carbonyl (C=O) groups excluding carboxylic acids is 2. The van der Waals surface area contributed by atoms with Crippen LogP contribution in [0.1, 0.15) is 30.1 Å². The van der Waals surface area contributed by atoms with Crippen molar-refractivity contribution in [3.05, 3.63) is 48.0 Å². The Hall–Kier alpha value is -2.35. The van der Waals surface area contributed by atoms with Gasteiger partial charge >= 0.3 is 12.1 Å². The lowest BCUT2D eigenvalue weighted by Crippen LogP contribution is -2.43. The van der Waals surface area contributed by atoms with E-state index in [0.717, 1.165) is 31.4 Å². The molecule has 5 nitrogen and oxygen atoms in total. The van der Waals surface area contributed by atoms with Crippen LogP contribution in [0.2, 0.25) is 0 Å². The lowest BCUT2D eigenvalue weighted by atomic mass is 10.1. The van der Waals surface area contributed by atoms with Gasteiger partial charge in [-0.2, -0.15) is 13.2 Å². The van der Waals surface area contributed by atoms with Crippen molar-refractivity contribution < 1.29 is 32.6 Å². The van der Waals surface area contributed by atoms with Crippen LogP contribution in [0.4, 0.5) is 13.2 Å². The van der Waals surface area contributed by atoms with Crippen LogP contribution in [-0.4, -0.2) is 30.1 Å². The molecule has 0 saturated carbocycles. The van der Waals surface area contributed by atoms with Gasteiger partial charge in [-0.15, -0.1) is 6.58 Å². The Kier molecular flexibility index (Phi) is 6.97. The highest BCUT2D eigenvalue weighted by Gasteiger charge is 2.31. The van der Waals surface area contributed by atoms with Gasteiger partial charge in [0.15, 0.2) is 6.10 Å². The maximum Gasteiger partial charge on any atom is 0.416 e. The number of methoxy groups -OCH3 is 1. The summed E-state index contributed by atoms with van der Waals surface area (Å²) in [5.41, 5.74) is -0.912. The number of ether oxygens (including phenoxy) is 1. The van der Waals surface area contributed by atoms with Crippen molar-refractivity contribution in [3.63, 3.8) is 0 Å². The Labute approximate surface area is 137 Å². The van der Waals surface area contributed by atoms with Gasteiger partial charge in [-0.05, 0) is 30.5 Å². The number of aliphatic hydroxyl groups excluding tert-OH is 1. The van der Waals surface area contributed by atoms with Crippen LogP contribution in [0.5, 0.6) is 0 Å². The number of benzene rings is 1. The smallest absolute Gasteiger partial charge is 0.416 e. The molecular weight excluding hydrogens is 327 g/mol. The first-order chi connectivity index (χ1) is 11.2. The molecule has 1 aromatic carbocycles. The van der Waals surface area contributed by atoms with E-state index in [1.165, 1.54) is 0 Å². The summed E-state index contributed by atoms with van der Waals surface area (Å²) in [6.45, 7) is 3.50. The van der Waals surface area contributed by atoms with Crippen LogP contribution in [0.15, 0.2) is 36.9 Å². The Bertz CT molecular complexity index is 584. The second-order valence-electron chi connectivity index (χ2n) is 4.97. The van der Waals surface area contributed by atoms with Gasteiger partial charge in [-0.25, -0.2) is 4.79 Å². The number of hydrogen-bond donors (Lipinski definition) is 2. The number of rotatable bonds is 7. The monoisotopic (exact) mass is 345 g/mol. The van der Waals surface area contributed by atoms with Gasteiger partial charge in [0.2, 0.25) is 0 Å². The van der Waals surface area contributed by atoms with Crippen molar-refractivity contribution in [1.82, 2.24) is 5.32 Å². The average Bonchev–Trinajstić information content (AvgIpc) is 2.56. The summed E-state index contributed by atoms with van der Waals surface area (Å²) in [5, 5.41) is 12.3. The fourth-order valence-electron chi connectivity index (χ4n) is 1.93. The topological polar surface area (TPSA) is 75.6 Å². The minimum atomic E-state index is -4.51. The molecule has 132 valence electrons. The summed E-state index contributed by atoms with van der Waals surface area (Å²) in [4.78, 5) is 23.6. The van der Waals surface area contributed by atoms with Crippen molar-refractivity contribution in [2.24, 2.45) is 0 Å². The molecule has 0 fully saturated rings.